The molecule has 17 heavy (non-hydrogen) atoms. The third-order valence-electron chi connectivity index (χ3n) is 2.30. The standard InChI is InChI=1S/C12H12ClNO3/c1-8(2)10(7-15)5-9-3-4-11(13)12(6-9)14(16)17/h3-8H,1-2H3. The van der Waals surface area contributed by atoms with Crippen molar-refractivity contribution < 1.29 is 9.72 Å². The summed E-state index contributed by atoms with van der Waals surface area (Å²) in [6.07, 6.45) is 2.38. The Bertz CT molecular complexity index is 481. The topological polar surface area (TPSA) is 60.2 Å². The van der Waals surface area contributed by atoms with Crippen molar-refractivity contribution in [3.8, 4) is 0 Å². The molecular weight excluding hydrogens is 242 g/mol. The molecule has 0 saturated heterocycles. The summed E-state index contributed by atoms with van der Waals surface area (Å²) in [5, 5.41) is 10.8. The van der Waals surface area contributed by atoms with Gasteiger partial charge in [-0.25, -0.2) is 0 Å². The van der Waals surface area contributed by atoms with Crippen molar-refractivity contribution >= 4 is 29.7 Å². The summed E-state index contributed by atoms with van der Waals surface area (Å²) < 4.78 is 0. The van der Waals surface area contributed by atoms with Gasteiger partial charge in [-0.05, 0) is 29.2 Å². The number of nitro groups is 1. The highest BCUT2D eigenvalue weighted by molar-refractivity contribution is 6.32. The SMILES string of the molecule is CC(C)C(C=O)=Cc1ccc(Cl)c([N+](=O)[O-])c1. The molecule has 0 aliphatic carbocycles. The Balaban J connectivity index is 3.20. The number of aldehydes is 1. The number of carbonyl (C=O) groups is 1. The van der Waals surface area contributed by atoms with Crippen LogP contribution in [0.25, 0.3) is 6.08 Å². The van der Waals surface area contributed by atoms with Crippen molar-refractivity contribution in [2.75, 3.05) is 0 Å². The van der Waals surface area contributed by atoms with Crippen LogP contribution in [0.3, 0.4) is 0 Å². The lowest BCUT2D eigenvalue weighted by Crippen LogP contribution is -1.95. The molecule has 0 aliphatic rings. The van der Waals surface area contributed by atoms with E-state index in [-0.39, 0.29) is 16.6 Å². The maximum atomic E-state index is 10.8. The Morgan fingerprint density at radius 3 is 2.59 bits per heavy atom. The monoisotopic (exact) mass is 253 g/mol. The van der Waals surface area contributed by atoms with Crippen LogP contribution in [0.1, 0.15) is 19.4 Å². The van der Waals surface area contributed by atoms with Crippen LogP contribution in [-0.2, 0) is 4.79 Å². The highest BCUT2D eigenvalue weighted by Gasteiger charge is 2.12. The highest BCUT2D eigenvalue weighted by atomic mass is 35.5. The second-order valence-corrected chi connectivity index (χ2v) is 4.29. The quantitative estimate of drug-likeness (QED) is 0.357. The van der Waals surface area contributed by atoms with Crippen LogP contribution < -0.4 is 0 Å². The van der Waals surface area contributed by atoms with Gasteiger partial charge in [0.05, 0.1) is 4.92 Å². The van der Waals surface area contributed by atoms with Gasteiger partial charge in [-0.2, -0.15) is 0 Å². The van der Waals surface area contributed by atoms with Gasteiger partial charge in [-0.1, -0.05) is 31.5 Å². The minimum Gasteiger partial charge on any atom is -0.298 e. The summed E-state index contributed by atoms with van der Waals surface area (Å²) >= 11 is 5.69. The zero-order chi connectivity index (χ0) is 13.0. The predicted octanol–water partition coefficient (Wildman–Crippen LogP) is 3.49. The average molecular weight is 254 g/mol. The van der Waals surface area contributed by atoms with Gasteiger partial charge in [0.25, 0.3) is 5.69 Å². The largest absolute Gasteiger partial charge is 0.298 e. The van der Waals surface area contributed by atoms with E-state index in [1.807, 2.05) is 13.8 Å². The molecule has 0 heterocycles. The van der Waals surface area contributed by atoms with E-state index in [9.17, 15) is 14.9 Å². The normalized spacial score (nSPS) is 11.6. The molecule has 0 atom stereocenters. The number of allylic oxidation sites excluding steroid dienone is 1. The van der Waals surface area contributed by atoms with Gasteiger partial charge in [-0.3, -0.25) is 14.9 Å². The predicted molar refractivity (Wildman–Crippen MR) is 67.0 cm³/mol. The fourth-order valence-corrected chi connectivity index (χ4v) is 1.48. The first-order chi connectivity index (χ1) is 7.95. The van der Waals surface area contributed by atoms with Crippen LogP contribution in [0.15, 0.2) is 23.8 Å². The van der Waals surface area contributed by atoms with Crippen molar-refractivity contribution in [3.05, 3.63) is 44.5 Å². The van der Waals surface area contributed by atoms with E-state index in [0.717, 1.165) is 6.29 Å². The number of halogens is 1. The minimum atomic E-state index is -0.546. The molecule has 0 aromatic heterocycles. The molecule has 0 spiro atoms. The van der Waals surface area contributed by atoms with Crippen LogP contribution in [0, 0.1) is 16.0 Å². The Hall–Kier alpha value is -1.68. The van der Waals surface area contributed by atoms with Crippen LogP contribution >= 0.6 is 11.6 Å². The van der Waals surface area contributed by atoms with E-state index in [1.165, 1.54) is 12.1 Å². The summed E-state index contributed by atoms with van der Waals surface area (Å²) in [7, 11) is 0. The van der Waals surface area contributed by atoms with Gasteiger partial charge >= 0.3 is 0 Å². The number of benzene rings is 1. The summed E-state index contributed by atoms with van der Waals surface area (Å²) in [6.45, 7) is 3.76. The van der Waals surface area contributed by atoms with E-state index >= 15 is 0 Å². The molecule has 90 valence electrons. The molecule has 1 aromatic rings. The van der Waals surface area contributed by atoms with Gasteiger partial charge in [0.2, 0.25) is 0 Å². The Morgan fingerprint density at radius 2 is 2.12 bits per heavy atom. The lowest BCUT2D eigenvalue weighted by atomic mass is 10.0. The fourth-order valence-electron chi connectivity index (χ4n) is 1.29. The minimum absolute atomic E-state index is 0.0715. The summed E-state index contributed by atoms with van der Waals surface area (Å²) in [5.41, 5.74) is 1.02. The molecule has 0 fully saturated rings. The molecule has 5 heteroatoms. The molecule has 0 aliphatic heterocycles. The maximum Gasteiger partial charge on any atom is 0.288 e. The Labute approximate surface area is 104 Å². The van der Waals surface area contributed by atoms with Crippen LogP contribution in [0.2, 0.25) is 5.02 Å². The van der Waals surface area contributed by atoms with Crippen molar-refractivity contribution in [1.82, 2.24) is 0 Å². The smallest absolute Gasteiger partial charge is 0.288 e. The molecule has 0 unspecified atom stereocenters. The van der Waals surface area contributed by atoms with E-state index in [4.69, 9.17) is 11.6 Å². The first-order valence-electron chi connectivity index (χ1n) is 5.06. The van der Waals surface area contributed by atoms with Crippen molar-refractivity contribution in [1.29, 1.82) is 0 Å². The summed E-state index contributed by atoms with van der Waals surface area (Å²) in [4.78, 5) is 21.0. The molecule has 1 aromatic carbocycles. The van der Waals surface area contributed by atoms with Crippen LogP contribution in [-0.4, -0.2) is 11.2 Å². The second kappa shape index (κ2) is 5.59. The number of nitro benzene ring substituents is 1. The van der Waals surface area contributed by atoms with Crippen LogP contribution in [0.4, 0.5) is 5.69 Å². The van der Waals surface area contributed by atoms with E-state index < -0.39 is 4.92 Å². The molecule has 0 radical (unpaired) electrons. The zero-order valence-corrected chi connectivity index (χ0v) is 10.3. The number of carbonyl (C=O) groups excluding carboxylic acids is 1. The van der Waals surface area contributed by atoms with Gasteiger partial charge in [0.15, 0.2) is 0 Å². The summed E-state index contributed by atoms with van der Waals surface area (Å²) in [6, 6.07) is 4.45. The van der Waals surface area contributed by atoms with Gasteiger partial charge in [0, 0.05) is 6.07 Å². The number of rotatable bonds is 4. The average Bonchev–Trinajstić information content (AvgIpc) is 2.27. The van der Waals surface area contributed by atoms with E-state index in [1.54, 1.807) is 12.1 Å². The van der Waals surface area contributed by atoms with Crippen LogP contribution in [0.5, 0.6) is 0 Å². The first kappa shape index (κ1) is 13.4. The number of hydrogen-bond donors (Lipinski definition) is 0. The van der Waals surface area contributed by atoms with E-state index in [2.05, 4.69) is 0 Å². The molecule has 0 bridgehead atoms. The first-order valence-corrected chi connectivity index (χ1v) is 5.44. The molecule has 4 nitrogen and oxygen atoms in total. The van der Waals surface area contributed by atoms with Crippen molar-refractivity contribution in [3.63, 3.8) is 0 Å². The molecule has 0 saturated carbocycles. The molecule has 0 N–H and O–H groups in total. The maximum absolute atomic E-state index is 10.8. The third kappa shape index (κ3) is 3.39. The van der Waals surface area contributed by atoms with Gasteiger partial charge in [-0.15, -0.1) is 0 Å². The lowest BCUT2D eigenvalue weighted by molar-refractivity contribution is -0.384. The van der Waals surface area contributed by atoms with Crippen molar-refractivity contribution in [2.45, 2.75) is 13.8 Å². The Morgan fingerprint density at radius 1 is 1.47 bits per heavy atom. The fraction of sp³-hybridized carbons (Fsp3) is 0.250. The Kier molecular flexibility index (Phi) is 4.40. The zero-order valence-electron chi connectivity index (χ0n) is 9.51. The number of nitrogens with zero attached hydrogens (tertiary/aromatic N) is 1. The van der Waals surface area contributed by atoms with Crippen molar-refractivity contribution in [2.24, 2.45) is 5.92 Å². The molecular formula is C12H12ClNO3. The summed E-state index contributed by atoms with van der Waals surface area (Å²) in [5.74, 6) is 0.0715. The third-order valence-corrected chi connectivity index (χ3v) is 2.62. The molecule has 1 rings (SSSR count). The molecule has 0 amide bonds. The number of hydrogen-bond acceptors (Lipinski definition) is 3. The lowest BCUT2D eigenvalue weighted by Gasteiger charge is -2.04. The van der Waals surface area contributed by atoms with E-state index in [0.29, 0.717) is 11.1 Å². The highest BCUT2D eigenvalue weighted by Crippen LogP contribution is 2.26. The van der Waals surface area contributed by atoms with Gasteiger partial charge < -0.3 is 0 Å². The van der Waals surface area contributed by atoms with Gasteiger partial charge in [0.1, 0.15) is 11.3 Å². The second-order valence-electron chi connectivity index (χ2n) is 3.88.